The van der Waals surface area contributed by atoms with Gasteiger partial charge in [-0.05, 0) is 123 Å². The molecule has 54 heavy (non-hydrogen) atoms. The third-order valence-electron chi connectivity index (χ3n) is 10.9. The number of hydrogen-bond acceptors (Lipinski definition) is 0. The highest BCUT2D eigenvalue weighted by Gasteiger charge is 2.18. The molecule has 0 aliphatic carbocycles. The van der Waals surface area contributed by atoms with Crippen molar-refractivity contribution in [2.24, 2.45) is 0 Å². The minimum atomic E-state index is 1.21. The molecule has 0 unspecified atom stereocenters. The fourth-order valence-electron chi connectivity index (χ4n) is 8.33. The molecular weight excluding hydrogens is 649 g/mol. The standard InChI is InChI=1S/C54H36/c1-5-17-37(18-6-1)44-31-29-41(33-50(44)39-21-9-3-10-22-39)52-35-43-36-53(47-26-14-16-28-49(47)54(43)48-27-15-13-25-46(48)52)42-30-32-45(38-19-7-2-8-20-38)51(34-42)40-23-11-4-12-24-40/h1-36H. The van der Waals surface area contributed by atoms with Gasteiger partial charge in [0.2, 0.25) is 0 Å². The molecule has 0 aromatic heterocycles. The van der Waals surface area contributed by atoms with E-state index >= 15 is 0 Å². The molecule has 0 amide bonds. The van der Waals surface area contributed by atoms with Crippen molar-refractivity contribution in [2.45, 2.75) is 0 Å². The summed E-state index contributed by atoms with van der Waals surface area (Å²) in [7, 11) is 0. The predicted octanol–water partition coefficient (Wildman–Crippen LogP) is 15.1. The van der Waals surface area contributed by atoms with Crippen LogP contribution in [0.2, 0.25) is 0 Å². The molecule has 0 heteroatoms. The topological polar surface area (TPSA) is 0 Å². The van der Waals surface area contributed by atoms with Crippen molar-refractivity contribution in [3.8, 4) is 66.8 Å². The van der Waals surface area contributed by atoms with Crippen LogP contribution in [-0.4, -0.2) is 0 Å². The average Bonchev–Trinajstić information content (AvgIpc) is 3.26. The third-order valence-corrected chi connectivity index (χ3v) is 10.9. The van der Waals surface area contributed by atoms with Crippen LogP contribution in [0.25, 0.3) is 99.1 Å². The van der Waals surface area contributed by atoms with Gasteiger partial charge in [-0.25, -0.2) is 0 Å². The lowest BCUT2D eigenvalue weighted by Crippen LogP contribution is -1.92. The van der Waals surface area contributed by atoms with Crippen LogP contribution in [0.5, 0.6) is 0 Å². The van der Waals surface area contributed by atoms with E-state index in [4.69, 9.17) is 0 Å². The Morgan fingerprint density at radius 2 is 0.500 bits per heavy atom. The van der Waals surface area contributed by atoms with E-state index in [0.717, 1.165) is 0 Å². The van der Waals surface area contributed by atoms with E-state index in [0.29, 0.717) is 0 Å². The monoisotopic (exact) mass is 684 g/mol. The molecule has 0 bridgehead atoms. The van der Waals surface area contributed by atoms with Crippen LogP contribution in [0.15, 0.2) is 218 Å². The summed E-state index contributed by atoms with van der Waals surface area (Å²) in [6.45, 7) is 0. The van der Waals surface area contributed by atoms with Gasteiger partial charge < -0.3 is 0 Å². The lowest BCUT2D eigenvalue weighted by atomic mass is 9.85. The van der Waals surface area contributed by atoms with Gasteiger partial charge in [0, 0.05) is 0 Å². The summed E-state index contributed by atoms with van der Waals surface area (Å²) in [6, 6.07) is 79.7. The Labute approximate surface area is 316 Å². The Kier molecular flexibility index (Phi) is 7.93. The normalized spacial score (nSPS) is 11.3. The molecule has 0 saturated heterocycles. The van der Waals surface area contributed by atoms with E-state index in [9.17, 15) is 0 Å². The van der Waals surface area contributed by atoms with Crippen molar-refractivity contribution >= 4 is 32.3 Å². The van der Waals surface area contributed by atoms with Crippen molar-refractivity contribution < 1.29 is 0 Å². The maximum atomic E-state index is 2.43. The second kappa shape index (κ2) is 13.5. The first kappa shape index (κ1) is 31.7. The Hall–Kier alpha value is -7.02. The highest BCUT2D eigenvalue weighted by Crippen LogP contribution is 2.45. The van der Waals surface area contributed by atoms with Gasteiger partial charge >= 0.3 is 0 Å². The molecule has 0 aliphatic heterocycles. The second-order valence-corrected chi connectivity index (χ2v) is 14.0. The highest BCUT2D eigenvalue weighted by molar-refractivity contribution is 6.26. The van der Waals surface area contributed by atoms with Crippen LogP contribution < -0.4 is 0 Å². The summed E-state index contributed by atoms with van der Waals surface area (Å²) in [4.78, 5) is 0. The molecule has 252 valence electrons. The molecule has 0 N–H and O–H groups in total. The van der Waals surface area contributed by atoms with Gasteiger partial charge in [-0.2, -0.15) is 0 Å². The SMILES string of the molecule is c1ccc(-c2ccc(-c3cc4cc(-c5ccc(-c6ccccc6)c(-c6ccccc6)c5)c5ccccc5c4c4ccccc34)cc2-c2ccccc2)cc1. The fourth-order valence-corrected chi connectivity index (χ4v) is 8.33. The number of rotatable bonds is 6. The van der Waals surface area contributed by atoms with Crippen molar-refractivity contribution in [1.82, 2.24) is 0 Å². The first-order chi connectivity index (χ1) is 26.8. The van der Waals surface area contributed by atoms with E-state index in [1.807, 2.05) is 0 Å². The summed E-state index contributed by atoms with van der Waals surface area (Å²) in [6.07, 6.45) is 0. The summed E-state index contributed by atoms with van der Waals surface area (Å²) in [5.74, 6) is 0. The van der Waals surface area contributed by atoms with E-state index in [1.54, 1.807) is 0 Å². The van der Waals surface area contributed by atoms with Gasteiger partial charge in [-0.1, -0.05) is 194 Å². The van der Waals surface area contributed by atoms with E-state index in [2.05, 4.69) is 218 Å². The molecule has 10 aromatic rings. The van der Waals surface area contributed by atoms with Gasteiger partial charge in [-0.3, -0.25) is 0 Å². The van der Waals surface area contributed by atoms with Gasteiger partial charge in [0.1, 0.15) is 0 Å². The van der Waals surface area contributed by atoms with E-state index in [-0.39, 0.29) is 0 Å². The highest BCUT2D eigenvalue weighted by atomic mass is 14.2. The molecule has 0 saturated carbocycles. The molecule has 0 nitrogen and oxygen atoms in total. The maximum Gasteiger partial charge on any atom is -0.00259 e. The molecule has 0 atom stereocenters. The minimum Gasteiger partial charge on any atom is -0.0622 e. The maximum absolute atomic E-state index is 2.43. The van der Waals surface area contributed by atoms with Gasteiger partial charge in [0.05, 0.1) is 0 Å². The second-order valence-electron chi connectivity index (χ2n) is 14.0. The molecule has 10 aromatic carbocycles. The van der Waals surface area contributed by atoms with Crippen LogP contribution >= 0.6 is 0 Å². The zero-order chi connectivity index (χ0) is 35.8. The first-order valence-corrected chi connectivity index (χ1v) is 18.7. The average molecular weight is 685 g/mol. The molecule has 0 aliphatic rings. The number of fused-ring (bicyclic) bond motifs is 5. The summed E-state index contributed by atoms with van der Waals surface area (Å²) in [5.41, 5.74) is 14.7. The smallest absolute Gasteiger partial charge is 0.00259 e. The van der Waals surface area contributed by atoms with Crippen LogP contribution in [0.3, 0.4) is 0 Å². The summed E-state index contributed by atoms with van der Waals surface area (Å²) in [5, 5.41) is 7.58. The quantitative estimate of drug-likeness (QED) is 0.153. The Bertz CT molecular complexity index is 2740. The van der Waals surface area contributed by atoms with Crippen LogP contribution in [-0.2, 0) is 0 Å². The van der Waals surface area contributed by atoms with Gasteiger partial charge in [0.25, 0.3) is 0 Å². The lowest BCUT2D eigenvalue weighted by molar-refractivity contribution is 1.57. The van der Waals surface area contributed by atoms with Crippen molar-refractivity contribution in [2.75, 3.05) is 0 Å². The lowest BCUT2D eigenvalue weighted by Gasteiger charge is -2.18. The zero-order valence-electron chi connectivity index (χ0n) is 29.8. The number of hydrogen-bond donors (Lipinski definition) is 0. The first-order valence-electron chi connectivity index (χ1n) is 18.7. The summed E-state index contributed by atoms with van der Waals surface area (Å²) < 4.78 is 0. The third kappa shape index (κ3) is 5.57. The molecule has 0 fully saturated rings. The van der Waals surface area contributed by atoms with Crippen molar-refractivity contribution in [3.05, 3.63) is 218 Å². The van der Waals surface area contributed by atoms with Crippen molar-refractivity contribution in [1.29, 1.82) is 0 Å². The van der Waals surface area contributed by atoms with Crippen LogP contribution in [0.4, 0.5) is 0 Å². The van der Waals surface area contributed by atoms with E-state index < -0.39 is 0 Å². The van der Waals surface area contributed by atoms with Crippen molar-refractivity contribution in [3.63, 3.8) is 0 Å². The molecule has 10 rings (SSSR count). The predicted molar refractivity (Wildman–Crippen MR) is 232 cm³/mol. The number of benzene rings is 10. The molecule has 0 radical (unpaired) electrons. The van der Waals surface area contributed by atoms with Crippen LogP contribution in [0.1, 0.15) is 0 Å². The zero-order valence-corrected chi connectivity index (χ0v) is 29.8. The largest absolute Gasteiger partial charge is 0.0622 e. The molecule has 0 heterocycles. The van der Waals surface area contributed by atoms with Gasteiger partial charge in [-0.15, -0.1) is 0 Å². The Morgan fingerprint density at radius 1 is 0.185 bits per heavy atom. The molecular formula is C54H36. The Balaban J connectivity index is 1.23. The minimum absolute atomic E-state index is 1.21. The molecule has 0 spiro atoms. The fraction of sp³-hybridized carbons (Fsp3) is 0. The van der Waals surface area contributed by atoms with E-state index in [1.165, 1.54) is 99.1 Å². The Morgan fingerprint density at radius 3 is 0.870 bits per heavy atom. The summed E-state index contributed by atoms with van der Waals surface area (Å²) >= 11 is 0. The van der Waals surface area contributed by atoms with Gasteiger partial charge in [0.15, 0.2) is 0 Å². The van der Waals surface area contributed by atoms with Crippen LogP contribution in [0, 0.1) is 0 Å².